The van der Waals surface area contributed by atoms with Crippen LogP contribution in [0.5, 0.6) is 0 Å². The zero-order valence-electron chi connectivity index (χ0n) is 7.36. The molecule has 13 heavy (non-hydrogen) atoms. The largest absolute Gasteiger partial charge is 0.464 e. The molecule has 2 heterocycles. The van der Waals surface area contributed by atoms with Gasteiger partial charge in [0.05, 0.1) is 6.04 Å². The summed E-state index contributed by atoms with van der Waals surface area (Å²) in [5.41, 5.74) is 5.99. The second kappa shape index (κ2) is 3.36. The van der Waals surface area contributed by atoms with Crippen LogP contribution in [-0.2, 0) is 0 Å². The summed E-state index contributed by atoms with van der Waals surface area (Å²) in [6.45, 7) is 1.92. The topological polar surface area (TPSA) is 39.2 Å². The summed E-state index contributed by atoms with van der Waals surface area (Å²) < 4.78 is 5.45. The van der Waals surface area contributed by atoms with Gasteiger partial charge in [-0.2, -0.15) is 0 Å². The Bertz CT molecular complexity index is 377. The van der Waals surface area contributed by atoms with Crippen molar-refractivity contribution in [1.82, 2.24) is 0 Å². The molecule has 0 aliphatic heterocycles. The van der Waals surface area contributed by atoms with Crippen LogP contribution in [0.15, 0.2) is 34.1 Å². The van der Waals surface area contributed by atoms with Crippen molar-refractivity contribution in [2.45, 2.75) is 13.0 Å². The Morgan fingerprint density at radius 2 is 2.23 bits per heavy atom. The monoisotopic (exact) mass is 193 g/mol. The highest BCUT2D eigenvalue weighted by molar-refractivity contribution is 7.10. The van der Waals surface area contributed by atoms with Gasteiger partial charge in [-0.3, -0.25) is 0 Å². The van der Waals surface area contributed by atoms with Gasteiger partial charge in [-0.05, 0) is 30.5 Å². The maximum atomic E-state index is 5.99. The lowest BCUT2D eigenvalue weighted by Gasteiger charge is -2.04. The van der Waals surface area contributed by atoms with E-state index in [-0.39, 0.29) is 6.04 Å². The van der Waals surface area contributed by atoms with Crippen LogP contribution in [0.25, 0.3) is 0 Å². The molecule has 0 aromatic carbocycles. The molecule has 3 heteroatoms. The van der Waals surface area contributed by atoms with E-state index in [0.717, 1.165) is 16.4 Å². The molecule has 0 spiro atoms. The van der Waals surface area contributed by atoms with Crippen molar-refractivity contribution < 1.29 is 4.42 Å². The molecule has 0 unspecified atom stereocenters. The summed E-state index contributed by atoms with van der Waals surface area (Å²) in [6.07, 6.45) is 0. The number of hydrogen-bond acceptors (Lipinski definition) is 3. The van der Waals surface area contributed by atoms with E-state index in [4.69, 9.17) is 10.2 Å². The zero-order valence-corrected chi connectivity index (χ0v) is 8.17. The lowest BCUT2D eigenvalue weighted by Crippen LogP contribution is -2.08. The van der Waals surface area contributed by atoms with Gasteiger partial charge in [0, 0.05) is 4.88 Å². The van der Waals surface area contributed by atoms with E-state index in [1.54, 1.807) is 11.3 Å². The molecule has 0 aliphatic rings. The lowest BCUT2D eigenvalue weighted by molar-refractivity contribution is 0.468. The molecule has 68 valence electrons. The maximum Gasteiger partial charge on any atom is 0.126 e. The Labute approximate surface area is 81.0 Å². The SMILES string of the molecule is Cc1ccc([C@@H](N)c2cccs2)o1. The fourth-order valence-corrected chi connectivity index (χ4v) is 1.96. The van der Waals surface area contributed by atoms with Gasteiger partial charge in [0.25, 0.3) is 0 Å². The van der Waals surface area contributed by atoms with Crippen LogP contribution in [0.2, 0.25) is 0 Å². The number of thiophene rings is 1. The van der Waals surface area contributed by atoms with Gasteiger partial charge in [-0.15, -0.1) is 11.3 Å². The van der Waals surface area contributed by atoms with Crippen molar-refractivity contribution in [2.75, 3.05) is 0 Å². The minimum absolute atomic E-state index is 0.117. The highest BCUT2D eigenvalue weighted by atomic mass is 32.1. The highest BCUT2D eigenvalue weighted by Crippen LogP contribution is 2.24. The minimum atomic E-state index is -0.117. The molecule has 0 saturated carbocycles. The van der Waals surface area contributed by atoms with Crippen molar-refractivity contribution in [2.24, 2.45) is 5.73 Å². The van der Waals surface area contributed by atoms with Crippen LogP contribution in [0, 0.1) is 6.92 Å². The van der Waals surface area contributed by atoms with E-state index in [2.05, 4.69) is 0 Å². The van der Waals surface area contributed by atoms with Crippen molar-refractivity contribution >= 4 is 11.3 Å². The first-order valence-electron chi connectivity index (χ1n) is 4.12. The van der Waals surface area contributed by atoms with Gasteiger partial charge in [-0.25, -0.2) is 0 Å². The van der Waals surface area contributed by atoms with Gasteiger partial charge >= 0.3 is 0 Å². The summed E-state index contributed by atoms with van der Waals surface area (Å²) in [4.78, 5) is 1.13. The molecule has 2 nitrogen and oxygen atoms in total. The van der Waals surface area contributed by atoms with Crippen molar-refractivity contribution in [3.63, 3.8) is 0 Å². The molecule has 0 aliphatic carbocycles. The summed E-state index contributed by atoms with van der Waals surface area (Å²) in [7, 11) is 0. The van der Waals surface area contributed by atoms with Gasteiger partial charge in [0.1, 0.15) is 11.5 Å². The molecular formula is C10H11NOS. The number of nitrogens with two attached hydrogens (primary N) is 1. The van der Waals surface area contributed by atoms with E-state index in [9.17, 15) is 0 Å². The summed E-state index contributed by atoms with van der Waals surface area (Å²) in [6, 6.07) is 7.76. The molecule has 1 atom stereocenters. The summed E-state index contributed by atoms with van der Waals surface area (Å²) in [5.74, 6) is 1.74. The van der Waals surface area contributed by atoms with Crippen LogP contribution < -0.4 is 5.73 Å². The number of hydrogen-bond donors (Lipinski definition) is 1. The smallest absolute Gasteiger partial charge is 0.126 e. The molecule has 2 rings (SSSR count). The number of furan rings is 1. The average molecular weight is 193 g/mol. The van der Waals surface area contributed by atoms with Gasteiger partial charge < -0.3 is 10.2 Å². The first-order valence-corrected chi connectivity index (χ1v) is 5.00. The maximum absolute atomic E-state index is 5.99. The predicted molar refractivity (Wildman–Crippen MR) is 53.8 cm³/mol. The molecule has 2 aromatic heterocycles. The van der Waals surface area contributed by atoms with E-state index in [0.29, 0.717) is 0 Å². The van der Waals surface area contributed by atoms with Gasteiger partial charge in [0.2, 0.25) is 0 Å². The first-order chi connectivity index (χ1) is 6.27. The van der Waals surface area contributed by atoms with Gasteiger partial charge in [-0.1, -0.05) is 6.07 Å². The van der Waals surface area contributed by atoms with Crippen LogP contribution in [0.4, 0.5) is 0 Å². The Morgan fingerprint density at radius 3 is 2.77 bits per heavy atom. The van der Waals surface area contributed by atoms with E-state index >= 15 is 0 Å². The fourth-order valence-electron chi connectivity index (χ4n) is 1.23. The standard InChI is InChI=1S/C10H11NOS/c1-7-4-5-8(12-7)10(11)9-3-2-6-13-9/h2-6,10H,11H2,1H3/t10-/m1/s1. The minimum Gasteiger partial charge on any atom is -0.464 e. The molecule has 0 radical (unpaired) electrons. The van der Waals surface area contributed by atoms with Crippen LogP contribution in [0.3, 0.4) is 0 Å². The van der Waals surface area contributed by atoms with E-state index in [1.165, 1.54) is 0 Å². The van der Waals surface area contributed by atoms with Crippen LogP contribution in [0.1, 0.15) is 22.4 Å². The predicted octanol–water partition coefficient (Wildman–Crippen LogP) is 2.70. The Morgan fingerprint density at radius 1 is 1.38 bits per heavy atom. The quantitative estimate of drug-likeness (QED) is 0.796. The third kappa shape index (κ3) is 1.66. The molecule has 0 fully saturated rings. The van der Waals surface area contributed by atoms with E-state index in [1.807, 2.05) is 36.6 Å². The molecular weight excluding hydrogens is 182 g/mol. The Balaban J connectivity index is 2.28. The lowest BCUT2D eigenvalue weighted by atomic mass is 10.2. The van der Waals surface area contributed by atoms with Crippen molar-refractivity contribution in [3.8, 4) is 0 Å². The zero-order chi connectivity index (χ0) is 9.26. The average Bonchev–Trinajstić information content (AvgIpc) is 2.72. The van der Waals surface area contributed by atoms with E-state index < -0.39 is 0 Å². The fraction of sp³-hybridized carbons (Fsp3) is 0.200. The summed E-state index contributed by atoms with van der Waals surface area (Å²) >= 11 is 1.65. The molecule has 2 N–H and O–H groups in total. The summed E-state index contributed by atoms with van der Waals surface area (Å²) in [5, 5.41) is 2.02. The second-order valence-electron chi connectivity index (χ2n) is 2.94. The third-order valence-corrected chi connectivity index (χ3v) is 2.87. The second-order valence-corrected chi connectivity index (χ2v) is 3.92. The van der Waals surface area contributed by atoms with Crippen LogP contribution >= 0.6 is 11.3 Å². The Hall–Kier alpha value is -1.06. The molecule has 0 saturated heterocycles. The molecule has 0 amide bonds. The first kappa shape index (κ1) is 8.53. The van der Waals surface area contributed by atoms with Crippen LogP contribution in [-0.4, -0.2) is 0 Å². The van der Waals surface area contributed by atoms with Crippen molar-refractivity contribution in [1.29, 1.82) is 0 Å². The molecule has 0 bridgehead atoms. The highest BCUT2D eigenvalue weighted by Gasteiger charge is 2.12. The Kier molecular flexibility index (Phi) is 2.20. The number of rotatable bonds is 2. The third-order valence-electron chi connectivity index (χ3n) is 1.92. The van der Waals surface area contributed by atoms with Crippen molar-refractivity contribution in [3.05, 3.63) is 46.0 Å². The number of aryl methyl sites for hydroxylation is 1. The normalized spacial score (nSPS) is 13.1. The van der Waals surface area contributed by atoms with Gasteiger partial charge in [0.15, 0.2) is 0 Å². The molecule has 2 aromatic rings.